The first-order valence-electron chi connectivity index (χ1n) is 10.5. The standard InChI is InChI=1S/C26H26N2O5/c1-16(2)19-7-11-21(12-8-19)33-15-23(29)24-17(3)22(13-27)25(30)28(26(24)31)14-18-5-9-20(32-4)10-6-18/h5-12,16,31H,14-15H2,1-4H3. The largest absolute Gasteiger partial charge is 0.497 e. The zero-order valence-electron chi connectivity index (χ0n) is 19.1. The van der Waals surface area contributed by atoms with Crippen molar-refractivity contribution < 1.29 is 19.4 Å². The number of ether oxygens (including phenoxy) is 2. The van der Waals surface area contributed by atoms with Gasteiger partial charge in [-0.1, -0.05) is 38.1 Å². The molecular formula is C26H26N2O5. The van der Waals surface area contributed by atoms with Crippen LogP contribution in [0, 0.1) is 18.3 Å². The van der Waals surface area contributed by atoms with Crippen LogP contribution in [-0.4, -0.2) is 29.2 Å². The van der Waals surface area contributed by atoms with Gasteiger partial charge in [0.2, 0.25) is 11.7 Å². The van der Waals surface area contributed by atoms with E-state index in [4.69, 9.17) is 9.47 Å². The van der Waals surface area contributed by atoms with Crippen LogP contribution in [0.4, 0.5) is 0 Å². The highest BCUT2D eigenvalue weighted by atomic mass is 16.5. The molecule has 2 aromatic carbocycles. The van der Waals surface area contributed by atoms with Crippen LogP contribution < -0.4 is 15.0 Å². The number of pyridine rings is 1. The Morgan fingerprint density at radius 3 is 2.24 bits per heavy atom. The first kappa shape index (κ1) is 23.6. The molecule has 1 aromatic heterocycles. The second kappa shape index (κ2) is 10.0. The second-order valence-corrected chi connectivity index (χ2v) is 7.99. The molecule has 1 heterocycles. The van der Waals surface area contributed by atoms with E-state index in [0.717, 1.165) is 10.1 Å². The predicted molar refractivity (Wildman–Crippen MR) is 124 cm³/mol. The van der Waals surface area contributed by atoms with Gasteiger partial charge in [0.25, 0.3) is 5.56 Å². The Kier molecular flexibility index (Phi) is 7.19. The molecule has 0 bridgehead atoms. The topological polar surface area (TPSA) is 102 Å². The summed E-state index contributed by atoms with van der Waals surface area (Å²) in [7, 11) is 1.54. The van der Waals surface area contributed by atoms with E-state index in [1.807, 2.05) is 18.2 Å². The number of carbonyl (C=O) groups excluding carboxylic acids is 1. The number of methoxy groups -OCH3 is 1. The van der Waals surface area contributed by atoms with Crippen molar-refractivity contribution in [2.75, 3.05) is 13.7 Å². The summed E-state index contributed by atoms with van der Waals surface area (Å²) in [5, 5.41) is 20.4. The van der Waals surface area contributed by atoms with Crippen LogP contribution in [0.3, 0.4) is 0 Å². The maximum atomic E-state index is 13.0. The van der Waals surface area contributed by atoms with Crippen LogP contribution in [0.15, 0.2) is 53.3 Å². The Morgan fingerprint density at radius 1 is 1.09 bits per heavy atom. The fraction of sp³-hybridized carbons (Fsp3) is 0.269. The highest BCUT2D eigenvalue weighted by Crippen LogP contribution is 2.25. The summed E-state index contributed by atoms with van der Waals surface area (Å²) in [6, 6.07) is 16.2. The van der Waals surface area contributed by atoms with Gasteiger partial charge in [0.1, 0.15) is 23.1 Å². The molecule has 0 spiro atoms. The van der Waals surface area contributed by atoms with Crippen molar-refractivity contribution >= 4 is 5.78 Å². The van der Waals surface area contributed by atoms with Gasteiger partial charge in [0.15, 0.2) is 6.61 Å². The van der Waals surface area contributed by atoms with Crippen molar-refractivity contribution in [2.45, 2.75) is 33.2 Å². The third-order valence-corrected chi connectivity index (χ3v) is 5.50. The smallest absolute Gasteiger partial charge is 0.271 e. The molecule has 0 aliphatic heterocycles. The van der Waals surface area contributed by atoms with Gasteiger partial charge in [-0.2, -0.15) is 5.26 Å². The van der Waals surface area contributed by atoms with Crippen molar-refractivity contribution in [2.24, 2.45) is 0 Å². The normalized spacial score (nSPS) is 10.7. The summed E-state index contributed by atoms with van der Waals surface area (Å²) in [6.45, 7) is 5.28. The number of Topliss-reactive ketones (excluding diaryl/α,β-unsaturated/α-hetero) is 1. The number of aromatic hydroxyl groups is 1. The highest BCUT2D eigenvalue weighted by Gasteiger charge is 2.24. The van der Waals surface area contributed by atoms with Gasteiger partial charge in [-0.25, -0.2) is 0 Å². The summed E-state index contributed by atoms with van der Waals surface area (Å²) in [5.41, 5.74) is 1.02. The fourth-order valence-corrected chi connectivity index (χ4v) is 3.51. The van der Waals surface area contributed by atoms with Gasteiger partial charge in [-0.05, 0) is 53.8 Å². The molecule has 0 aliphatic carbocycles. The van der Waals surface area contributed by atoms with Crippen molar-refractivity contribution in [1.29, 1.82) is 5.26 Å². The van der Waals surface area contributed by atoms with Crippen LogP contribution in [-0.2, 0) is 6.54 Å². The lowest BCUT2D eigenvalue weighted by molar-refractivity contribution is 0.0916. The van der Waals surface area contributed by atoms with Crippen LogP contribution in [0.25, 0.3) is 0 Å². The van der Waals surface area contributed by atoms with Crippen LogP contribution >= 0.6 is 0 Å². The highest BCUT2D eigenvalue weighted by molar-refractivity contribution is 6.01. The first-order valence-corrected chi connectivity index (χ1v) is 10.5. The SMILES string of the molecule is COc1ccc(Cn2c(O)c(C(=O)COc3ccc(C(C)C)cc3)c(C)c(C#N)c2=O)cc1. The van der Waals surface area contributed by atoms with E-state index in [-0.39, 0.29) is 29.8 Å². The number of hydrogen-bond acceptors (Lipinski definition) is 6. The molecule has 33 heavy (non-hydrogen) atoms. The number of benzene rings is 2. The Bertz CT molecular complexity index is 1250. The zero-order valence-corrected chi connectivity index (χ0v) is 19.1. The molecule has 0 radical (unpaired) electrons. The van der Waals surface area contributed by atoms with Gasteiger partial charge in [0, 0.05) is 0 Å². The monoisotopic (exact) mass is 446 g/mol. The van der Waals surface area contributed by atoms with Gasteiger partial charge in [-0.3, -0.25) is 14.2 Å². The van der Waals surface area contributed by atoms with E-state index in [1.165, 1.54) is 6.92 Å². The van der Waals surface area contributed by atoms with E-state index in [0.29, 0.717) is 23.0 Å². The van der Waals surface area contributed by atoms with Gasteiger partial charge in [0.05, 0.1) is 19.2 Å². The Hall–Kier alpha value is -4.05. The number of nitrogens with zero attached hydrogens (tertiary/aromatic N) is 2. The van der Waals surface area contributed by atoms with E-state index >= 15 is 0 Å². The molecule has 0 unspecified atom stereocenters. The molecular weight excluding hydrogens is 420 g/mol. The average molecular weight is 447 g/mol. The molecule has 3 rings (SSSR count). The summed E-state index contributed by atoms with van der Waals surface area (Å²) in [6.07, 6.45) is 0. The molecule has 0 atom stereocenters. The number of aromatic nitrogens is 1. The van der Waals surface area contributed by atoms with Crippen LogP contribution in [0.2, 0.25) is 0 Å². The summed E-state index contributed by atoms with van der Waals surface area (Å²) < 4.78 is 11.8. The predicted octanol–water partition coefficient (Wildman–Crippen LogP) is 4.18. The molecule has 1 N–H and O–H groups in total. The summed E-state index contributed by atoms with van der Waals surface area (Å²) in [4.78, 5) is 25.8. The lowest BCUT2D eigenvalue weighted by atomic mass is 10.0. The van der Waals surface area contributed by atoms with E-state index in [1.54, 1.807) is 43.5 Å². The molecule has 3 aromatic rings. The van der Waals surface area contributed by atoms with Gasteiger partial charge in [-0.15, -0.1) is 0 Å². The minimum absolute atomic E-state index is 0.0125. The maximum Gasteiger partial charge on any atom is 0.271 e. The minimum Gasteiger partial charge on any atom is -0.497 e. The molecule has 0 saturated heterocycles. The van der Waals surface area contributed by atoms with Crippen molar-refractivity contribution in [1.82, 2.24) is 4.57 Å². The molecule has 0 amide bonds. The number of ketones is 1. The van der Waals surface area contributed by atoms with E-state index in [9.17, 15) is 20.0 Å². The van der Waals surface area contributed by atoms with Crippen molar-refractivity contribution in [3.63, 3.8) is 0 Å². The number of carbonyl (C=O) groups is 1. The molecule has 0 saturated carbocycles. The van der Waals surface area contributed by atoms with Crippen molar-refractivity contribution in [3.8, 4) is 23.4 Å². The number of rotatable bonds is 8. The average Bonchev–Trinajstić information content (AvgIpc) is 2.81. The summed E-state index contributed by atoms with van der Waals surface area (Å²) >= 11 is 0. The number of nitriles is 1. The molecule has 0 fully saturated rings. The fourth-order valence-electron chi connectivity index (χ4n) is 3.51. The zero-order chi connectivity index (χ0) is 24.1. The molecule has 0 aliphatic rings. The molecule has 170 valence electrons. The number of hydrogen-bond donors (Lipinski definition) is 1. The third kappa shape index (κ3) is 5.07. The summed E-state index contributed by atoms with van der Waals surface area (Å²) in [5.74, 6) is 0.508. The minimum atomic E-state index is -0.662. The molecule has 7 heteroatoms. The molecule has 7 nitrogen and oxygen atoms in total. The Balaban J connectivity index is 1.91. The third-order valence-electron chi connectivity index (χ3n) is 5.50. The maximum absolute atomic E-state index is 13.0. The van der Waals surface area contributed by atoms with Gasteiger partial charge >= 0.3 is 0 Å². The van der Waals surface area contributed by atoms with Crippen LogP contribution in [0.1, 0.15) is 52.4 Å². The Labute approximate surface area is 192 Å². The van der Waals surface area contributed by atoms with E-state index < -0.39 is 17.2 Å². The first-order chi connectivity index (χ1) is 15.8. The Morgan fingerprint density at radius 2 is 1.70 bits per heavy atom. The lowest BCUT2D eigenvalue weighted by Crippen LogP contribution is -2.28. The van der Waals surface area contributed by atoms with E-state index in [2.05, 4.69) is 13.8 Å². The van der Waals surface area contributed by atoms with Crippen molar-refractivity contribution in [3.05, 3.63) is 86.7 Å². The second-order valence-electron chi connectivity index (χ2n) is 7.99. The van der Waals surface area contributed by atoms with Gasteiger partial charge < -0.3 is 14.6 Å². The quantitative estimate of drug-likeness (QED) is 0.521. The lowest BCUT2D eigenvalue weighted by Gasteiger charge is -2.16. The van der Waals surface area contributed by atoms with Crippen LogP contribution in [0.5, 0.6) is 17.4 Å².